The lowest BCUT2D eigenvalue weighted by molar-refractivity contribution is -0.0218. The number of aliphatic hydroxyl groups excluding tert-OH is 3. The number of anilines is 1. The number of amides is 1. The van der Waals surface area contributed by atoms with Crippen LogP contribution in [0.4, 0.5) is 9.93 Å². The van der Waals surface area contributed by atoms with Gasteiger partial charge in [-0.05, 0) is 20.8 Å². The molecule has 1 fully saturated rings. The molecule has 1 aliphatic rings. The zero-order valence-electron chi connectivity index (χ0n) is 13.5. The van der Waals surface area contributed by atoms with Gasteiger partial charge in [-0.2, -0.15) is 0 Å². The first kappa shape index (κ1) is 18.1. The molecule has 8 nitrogen and oxygen atoms in total. The molecule has 0 unspecified atom stereocenters. The van der Waals surface area contributed by atoms with Gasteiger partial charge in [-0.25, -0.2) is 9.78 Å². The summed E-state index contributed by atoms with van der Waals surface area (Å²) in [5.41, 5.74) is -0.616. The van der Waals surface area contributed by atoms with Crippen LogP contribution >= 0.6 is 11.3 Å². The zero-order chi connectivity index (χ0) is 17.4. The molecule has 4 atom stereocenters. The molecule has 130 valence electrons. The highest BCUT2D eigenvalue weighted by Crippen LogP contribution is 2.38. The number of aliphatic hydroxyl groups is 3. The molecule has 0 bridgehead atoms. The van der Waals surface area contributed by atoms with Crippen molar-refractivity contribution in [3.05, 3.63) is 11.1 Å². The topological polar surface area (TPSA) is 112 Å². The van der Waals surface area contributed by atoms with Gasteiger partial charge >= 0.3 is 6.09 Å². The molecule has 0 aliphatic carbocycles. The van der Waals surface area contributed by atoms with Crippen LogP contribution in [-0.4, -0.2) is 64.0 Å². The third-order valence-electron chi connectivity index (χ3n) is 3.29. The van der Waals surface area contributed by atoms with Crippen LogP contribution in [0.15, 0.2) is 6.20 Å². The van der Waals surface area contributed by atoms with E-state index in [0.717, 1.165) is 11.3 Å². The van der Waals surface area contributed by atoms with Crippen molar-refractivity contribution in [3.63, 3.8) is 0 Å². The molecule has 0 spiro atoms. The minimum Gasteiger partial charge on any atom is -0.443 e. The van der Waals surface area contributed by atoms with Crippen LogP contribution < -0.4 is 4.90 Å². The number of hydrogen-bond acceptors (Lipinski definition) is 8. The number of thiazole rings is 1. The summed E-state index contributed by atoms with van der Waals surface area (Å²) >= 11 is 1.15. The number of carbonyl (C=O) groups is 1. The van der Waals surface area contributed by atoms with Crippen LogP contribution in [0.25, 0.3) is 0 Å². The smallest absolute Gasteiger partial charge is 0.416 e. The van der Waals surface area contributed by atoms with Gasteiger partial charge in [0, 0.05) is 13.2 Å². The summed E-state index contributed by atoms with van der Waals surface area (Å²) in [5, 5.41) is 29.3. The fourth-order valence-electron chi connectivity index (χ4n) is 2.11. The molecule has 0 saturated carbocycles. The Morgan fingerprint density at radius 1 is 1.43 bits per heavy atom. The molecule has 1 aromatic heterocycles. The summed E-state index contributed by atoms with van der Waals surface area (Å²) in [4.78, 5) is 18.0. The largest absolute Gasteiger partial charge is 0.443 e. The Labute approximate surface area is 138 Å². The van der Waals surface area contributed by atoms with E-state index in [9.17, 15) is 15.0 Å². The summed E-state index contributed by atoms with van der Waals surface area (Å²) in [6.07, 6.45) is -3.03. The van der Waals surface area contributed by atoms with Gasteiger partial charge in [0.2, 0.25) is 0 Å². The van der Waals surface area contributed by atoms with E-state index in [1.165, 1.54) is 18.1 Å². The first-order valence-electron chi connectivity index (χ1n) is 7.19. The maximum absolute atomic E-state index is 12.0. The van der Waals surface area contributed by atoms with E-state index in [4.69, 9.17) is 14.6 Å². The lowest BCUT2D eigenvalue weighted by Crippen LogP contribution is -2.34. The predicted octanol–water partition coefficient (Wildman–Crippen LogP) is 0.668. The number of nitrogens with zero attached hydrogens (tertiary/aromatic N) is 2. The van der Waals surface area contributed by atoms with Gasteiger partial charge in [0.15, 0.2) is 5.13 Å². The monoisotopic (exact) mass is 346 g/mol. The Kier molecular flexibility index (Phi) is 5.27. The predicted molar refractivity (Wildman–Crippen MR) is 83.5 cm³/mol. The van der Waals surface area contributed by atoms with E-state index < -0.39 is 42.7 Å². The van der Waals surface area contributed by atoms with Crippen molar-refractivity contribution in [2.75, 3.05) is 18.6 Å². The molecule has 1 saturated heterocycles. The number of ether oxygens (including phenoxy) is 2. The van der Waals surface area contributed by atoms with Crippen molar-refractivity contribution < 1.29 is 29.6 Å². The van der Waals surface area contributed by atoms with Gasteiger partial charge in [-0.1, -0.05) is 11.3 Å². The molecule has 23 heavy (non-hydrogen) atoms. The fourth-order valence-corrected chi connectivity index (χ4v) is 3.05. The molecule has 0 radical (unpaired) electrons. The van der Waals surface area contributed by atoms with Crippen molar-refractivity contribution >= 4 is 22.6 Å². The minimum absolute atomic E-state index is 0.381. The zero-order valence-corrected chi connectivity index (χ0v) is 14.3. The average molecular weight is 346 g/mol. The van der Waals surface area contributed by atoms with Gasteiger partial charge in [0.05, 0.1) is 11.5 Å². The number of aromatic nitrogens is 1. The van der Waals surface area contributed by atoms with Crippen molar-refractivity contribution in [3.8, 4) is 0 Å². The van der Waals surface area contributed by atoms with Gasteiger partial charge in [0.1, 0.15) is 30.0 Å². The normalized spacial score (nSPS) is 28.0. The highest BCUT2D eigenvalue weighted by atomic mass is 32.1. The summed E-state index contributed by atoms with van der Waals surface area (Å²) in [6.45, 7) is 4.92. The first-order chi connectivity index (χ1) is 10.6. The Bertz CT molecular complexity index is 558. The van der Waals surface area contributed by atoms with E-state index in [1.54, 1.807) is 20.8 Å². The van der Waals surface area contributed by atoms with Crippen molar-refractivity contribution in [1.29, 1.82) is 0 Å². The SMILES string of the molecule is CN(C(=O)OC(C)(C)C)c1ncc([C@@H]2O[C@H](CO)[C@@H](O)[C@H]2O)s1. The number of rotatable bonds is 3. The second kappa shape index (κ2) is 6.70. The number of hydrogen-bond donors (Lipinski definition) is 3. The molecule has 2 heterocycles. The summed E-state index contributed by atoms with van der Waals surface area (Å²) in [6, 6.07) is 0. The van der Waals surface area contributed by atoms with Crippen LogP contribution in [0.2, 0.25) is 0 Å². The van der Waals surface area contributed by atoms with E-state index in [1.807, 2.05) is 0 Å². The molecule has 0 aromatic carbocycles. The second-order valence-corrected chi connectivity index (χ2v) is 7.38. The van der Waals surface area contributed by atoms with Crippen molar-refractivity contribution in [1.82, 2.24) is 4.98 Å². The van der Waals surface area contributed by atoms with Gasteiger partial charge in [-0.3, -0.25) is 4.90 Å². The maximum Gasteiger partial charge on any atom is 0.416 e. The van der Waals surface area contributed by atoms with Gasteiger partial charge in [-0.15, -0.1) is 0 Å². The summed E-state index contributed by atoms with van der Waals surface area (Å²) in [7, 11) is 1.54. The standard InChI is InChI=1S/C14H22N2O6S/c1-14(2,3)22-13(20)16(4)12-15-5-8(23-12)11-10(19)9(18)7(6-17)21-11/h5,7,9-11,17-19H,6H2,1-4H3/t7-,9-,10-,11+/m1/s1. The average Bonchev–Trinajstić information content (AvgIpc) is 3.03. The quantitative estimate of drug-likeness (QED) is 0.737. The molecular formula is C14H22N2O6S. The molecule has 1 amide bonds. The van der Waals surface area contributed by atoms with Crippen molar-refractivity contribution in [2.45, 2.75) is 50.8 Å². The lowest BCUT2D eigenvalue weighted by atomic mass is 10.1. The van der Waals surface area contributed by atoms with Gasteiger partial charge in [0.25, 0.3) is 0 Å². The van der Waals surface area contributed by atoms with Crippen molar-refractivity contribution in [2.24, 2.45) is 0 Å². The lowest BCUT2D eigenvalue weighted by Gasteiger charge is -2.23. The fraction of sp³-hybridized carbons (Fsp3) is 0.714. The van der Waals surface area contributed by atoms with E-state index >= 15 is 0 Å². The van der Waals surface area contributed by atoms with E-state index in [2.05, 4.69) is 4.98 Å². The van der Waals surface area contributed by atoms with Crippen LogP contribution in [0.1, 0.15) is 31.8 Å². The Hall–Kier alpha value is -1.26. The van der Waals surface area contributed by atoms with Crippen LogP contribution in [0.3, 0.4) is 0 Å². The molecule has 2 rings (SSSR count). The van der Waals surface area contributed by atoms with Crippen LogP contribution in [0.5, 0.6) is 0 Å². The Balaban J connectivity index is 2.10. The van der Waals surface area contributed by atoms with E-state index in [0.29, 0.717) is 10.0 Å². The second-order valence-electron chi connectivity index (χ2n) is 6.34. The van der Waals surface area contributed by atoms with E-state index in [-0.39, 0.29) is 0 Å². The maximum atomic E-state index is 12.0. The minimum atomic E-state index is -1.17. The molecule has 9 heteroatoms. The third-order valence-corrected chi connectivity index (χ3v) is 4.42. The van der Waals surface area contributed by atoms with Gasteiger partial charge < -0.3 is 24.8 Å². The molecule has 3 N–H and O–H groups in total. The van der Waals surface area contributed by atoms with Crippen LogP contribution in [-0.2, 0) is 9.47 Å². The molecule has 1 aliphatic heterocycles. The highest BCUT2D eigenvalue weighted by molar-refractivity contribution is 7.15. The van der Waals surface area contributed by atoms with Crippen LogP contribution in [0, 0.1) is 0 Å². The molecular weight excluding hydrogens is 324 g/mol. The number of carbonyl (C=O) groups excluding carboxylic acids is 1. The Morgan fingerprint density at radius 2 is 2.09 bits per heavy atom. The molecule has 1 aromatic rings. The summed E-state index contributed by atoms with van der Waals surface area (Å²) < 4.78 is 10.7. The first-order valence-corrected chi connectivity index (χ1v) is 8.00. The third kappa shape index (κ3) is 3.99. The highest BCUT2D eigenvalue weighted by Gasteiger charge is 2.44. The summed E-state index contributed by atoms with van der Waals surface area (Å²) in [5.74, 6) is 0. The Morgan fingerprint density at radius 3 is 2.61 bits per heavy atom.